The van der Waals surface area contributed by atoms with Crippen LogP contribution in [0.2, 0.25) is 0 Å². The van der Waals surface area contributed by atoms with Gasteiger partial charge in [-0.05, 0) is 32.6 Å². The van der Waals surface area contributed by atoms with E-state index in [0.717, 1.165) is 6.42 Å². The smallest absolute Gasteiger partial charge is 0.333 e. The van der Waals surface area contributed by atoms with E-state index < -0.39 is 29.7 Å². The summed E-state index contributed by atoms with van der Waals surface area (Å²) >= 11 is 0. The van der Waals surface area contributed by atoms with Crippen molar-refractivity contribution in [2.45, 2.75) is 84.8 Å². The van der Waals surface area contributed by atoms with Gasteiger partial charge in [-0.1, -0.05) is 27.2 Å². The lowest BCUT2D eigenvalue weighted by atomic mass is 9.78. The summed E-state index contributed by atoms with van der Waals surface area (Å²) in [6, 6.07) is 0. The molecular weight excluding hydrogens is 348 g/mol. The van der Waals surface area contributed by atoms with Gasteiger partial charge in [-0.3, -0.25) is 13.9 Å². The molecule has 154 valence electrons. The zero-order valence-corrected chi connectivity index (χ0v) is 17.6. The molecule has 1 aromatic rings. The maximum absolute atomic E-state index is 13.3. The molecule has 3 unspecified atom stereocenters. The summed E-state index contributed by atoms with van der Waals surface area (Å²) in [6.45, 7) is 12.2. The standard InChI is InChI=1S/C20H34N2O5/c1-8-19(3,4)12-20(5,6)22-17(24)13(2)10-21(18(22)25)16-9-14(23)15(27-16)11-26-7/h10,14-16,23H,8-9,11-12H2,1-7H3. The number of hydrogen-bond acceptors (Lipinski definition) is 5. The summed E-state index contributed by atoms with van der Waals surface area (Å²) in [4.78, 5) is 26.1. The first-order valence-corrected chi connectivity index (χ1v) is 9.61. The van der Waals surface area contributed by atoms with Crippen LogP contribution in [0.15, 0.2) is 15.8 Å². The highest BCUT2D eigenvalue weighted by molar-refractivity contribution is 5.06. The number of nitrogens with zero attached hydrogens (tertiary/aromatic N) is 2. The lowest BCUT2D eigenvalue weighted by Crippen LogP contribution is -2.51. The average Bonchev–Trinajstić information content (AvgIpc) is 2.91. The molecule has 1 aromatic heterocycles. The van der Waals surface area contributed by atoms with Crippen molar-refractivity contribution < 1.29 is 14.6 Å². The molecule has 0 spiro atoms. The van der Waals surface area contributed by atoms with Gasteiger partial charge in [-0.15, -0.1) is 0 Å². The Morgan fingerprint density at radius 2 is 1.93 bits per heavy atom. The highest BCUT2D eigenvalue weighted by Crippen LogP contribution is 2.34. The van der Waals surface area contributed by atoms with Crippen molar-refractivity contribution in [1.29, 1.82) is 0 Å². The monoisotopic (exact) mass is 382 g/mol. The number of aryl methyl sites for hydroxylation is 1. The third kappa shape index (κ3) is 4.52. The van der Waals surface area contributed by atoms with Gasteiger partial charge in [-0.25, -0.2) is 4.79 Å². The van der Waals surface area contributed by atoms with Crippen molar-refractivity contribution in [2.75, 3.05) is 13.7 Å². The van der Waals surface area contributed by atoms with Crippen molar-refractivity contribution in [3.63, 3.8) is 0 Å². The van der Waals surface area contributed by atoms with Crippen LogP contribution in [0.3, 0.4) is 0 Å². The number of ether oxygens (including phenoxy) is 2. The Morgan fingerprint density at radius 3 is 2.48 bits per heavy atom. The van der Waals surface area contributed by atoms with Crippen LogP contribution < -0.4 is 11.2 Å². The Morgan fingerprint density at radius 1 is 1.30 bits per heavy atom. The van der Waals surface area contributed by atoms with Crippen LogP contribution >= 0.6 is 0 Å². The predicted octanol–water partition coefficient (Wildman–Crippen LogP) is 2.17. The molecule has 2 rings (SSSR count). The molecule has 0 aliphatic carbocycles. The fraction of sp³-hybridized carbons (Fsp3) is 0.800. The van der Waals surface area contributed by atoms with Crippen LogP contribution in [0.4, 0.5) is 0 Å². The van der Waals surface area contributed by atoms with Gasteiger partial charge < -0.3 is 14.6 Å². The van der Waals surface area contributed by atoms with Crippen molar-refractivity contribution >= 4 is 0 Å². The zero-order valence-electron chi connectivity index (χ0n) is 17.6. The molecule has 0 bridgehead atoms. The number of aromatic nitrogens is 2. The number of rotatable bonds is 7. The van der Waals surface area contributed by atoms with Gasteiger partial charge in [0.25, 0.3) is 5.56 Å². The molecule has 1 N–H and O–H groups in total. The van der Waals surface area contributed by atoms with Crippen molar-refractivity contribution in [2.24, 2.45) is 5.41 Å². The van der Waals surface area contributed by atoms with Crippen molar-refractivity contribution in [1.82, 2.24) is 9.13 Å². The number of aliphatic hydroxyl groups excluding tert-OH is 1. The van der Waals surface area contributed by atoms with E-state index in [-0.39, 0.29) is 24.0 Å². The topological polar surface area (TPSA) is 82.7 Å². The number of aliphatic hydroxyl groups is 1. The maximum Gasteiger partial charge on any atom is 0.333 e. The third-order valence-electron chi connectivity index (χ3n) is 5.60. The average molecular weight is 383 g/mol. The van der Waals surface area contributed by atoms with Gasteiger partial charge in [0.1, 0.15) is 12.3 Å². The quantitative estimate of drug-likeness (QED) is 0.781. The van der Waals surface area contributed by atoms with Crippen LogP contribution in [0.1, 0.15) is 65.7 Å². The second-order valence-corrected chi connectivity index (χ2v) is 9.04. The van der Waals surface area contributed by atoms with Gasteiger partial charge in [-0.2, -0.15) is 0 Å². The Kier molecular flexibility index (Phi) is 6.39. The van der Waals surface area contributed by atoms with E-state index in [2.05, 4.69) is 20.8 Å². The van der Waals surface area contributed by atoms with Gasteiger partial charge in [0, 0.05) is 30.8 Å². The molecule has 7 nitrogen and oxygen atoms in total. The molecule has 1 aliphatic rings. The lowest BCUT2D eigenvalue weighted by Gasteiger charge is -2.36. The van der Waals surface area contributed by atoms with Gasteiger partial charge in [0.15, 0.2) is 0 Å². The minimum Gasteiger partial charge on any atom is -0.390 e. The Hall–Kier alpha value is -1.44. The summed E-state index contributed by atoms with van der Waals surface area (Å²) < 4.78 is 13.7. The first-order valence-electron chi connectivity index (χ1n) is 9.61. The highest BCUT2D eigenvalue weighted by Gasteiger charge is 2.37. The van der Waals surface area contributed by atoms with Crippen LogP contribution in [0, 0.1) is 12.3 Å². The Bertz CT molecular complexity index is 778. The third-order valence-corrected chi connectivity index (χ3v) is 5.60. The summed E-state index contributed by atoms with van der Waals surface area (Å²) in [5.74, 6) is 0. The van der Waals surface area contributed by atoms with Gasteiger partial charge in [0.2, 0.25) is 0 Å². The number of methoxy groups -OCH3 is 1. The van der Waals surface area contributed by atoms with Crippen LogP contribution in [-0.2, 0) is 15.0 Å². The summed E-state index contributed by atoms with van der Waals surface area (Å²) in [5.41, 5.74) is -0.860. The van der Waals surface area contributed by atoms with E-state index in [4.69, 9.17) is 9.47 Å². The zero-order chi connectivity index (χ0) is 20.6. The normalized spacial score (nSPS) is 23.8. The number of hydrogen-bond donors (Lipinski definition) is 1. The minimum atomic E-state index is -0.713. The van der Waals surface area contributed by atoms with E-state index in [1.807, 2.05) is 13.8 Å². The summed E-state index contributed by atoms with van der Waals surface area (Å²) in [6.07, 6.45) is 1.64. The molecule has 1 fully saturated rings. The highest BCUT2D eigenvalue weighted by atomic mass is 16.6. The fourth-order valence-electron chi connectivity index (χ4n) is 4.01. The van der Waals surface area contributed by atoms with Crippen LogP contribution in [0.5, 0.6) is 0 Å². The van der Waals surface area contributed by atoms with Crippen LogP contribution in [0.25, 0.3) is 0 Å². The summed E-state index contributed by atoms with van der Waals surface area (Å²) in [7, 11) is 1.54. The minimum absolute atomic E-state index is 0.00638. The van der Waals surface area contributed by atoms with Gasteiger partial charge in [0.05, 0.1) is 12.7 Å². The molecule has 3 atom stereocenters. The van der Waals surface area contributed by atoms with Crippen molar-refractivity contribution in [3.05, 3.63) is 32.6 Å². The van der Waals surface area contributed by atoms with Gasteiger partial charge >= 0.3 is 5.69 Å². The van der Waals surface area contributed by atoms with E-state index in [1.54, 1.807) is 6.92 Å². The molecule has 2 heterocycles. The fourth-order valence-corrected chi connectivity index (χ4v) is 4.01. The van der Waals surface area contributed by atoms with E-state index >= 15 is 0 Å². The Balaban J connectivity index is 2.50. The molecule has 0 radical (unpaired) electrons. The first-order chi connectivity index (χ1) is 12.4. The second-order valence-electron chi connectivity index (χ2n) is 9.04. The molecule has 27 heavy (non-hydrogen) atoms. The molecule has 7 heteroatoms. The maximum atomic E-state index is 13.3. The molecule has 0 amide bonds. The largest absolute Gasteiger partial charge is 0.390 e. The predicted molar refractivity (Wildman–Crippen MR) is 104 cm³/mol. The first kappa shape index (κ1) is 21.9. The van der Waals surface area contributed by atoms with E-state index in [9.17, 15) is 14.7 Å². The molecule has 0 saturated carbocycles. The molecule has 1 saturated heterocycles. The van der Waals surface area contributed by atoms with E-state index in [0.29, 0.717) is 12.0 Å². The Labute approximate surface area is 160 Å². The molecular formula is C20H34N2O5. The second kappa shape index (κ2) is 7.89. The molecule has 0 aromatic carbocycles. The summed E-state index contributed by atoms with van der Waals surface area (Å²) in [5, 5.41) is 10.2. The van der Waals surface area contributed by atoms with Crippen molar-refractivity contribution in [3.8, 4) is 0 Å². The van der Waals surface area contributed by atoms with E-state index in [1.165, 1.54) is 22.4 Å². The SMILES string of the molecule is CCC(C)(C)CC(C)(C)n1c(=O)c(C)cn(C2CC(O)C(COC)O2)c1=O. The molecule has 1 aliphatic heterocycles. The lowest BCUT2D eigenvalue weighted by molar-refractivity contribution is -0.0555. The van der Waals surface area contributed by atoms with Crippen LogP contribution in [-0.4, -0.2) is 40.2 Å².